The Hall–Kier alpha value is -3.22. The van der Waals surface area contributed by atoms with Crippen LogP contribution in [-0.4, -0.2) is 31.4 Å². The number of nitrogens with zero attached hydrogens (tertiary/aromatic N) is 4. The van der Waals surface area contributed by atoms with Crippen LogP contribution >= 0.6 is 0 Å². The lowest BCUT2D eigenvalue weighted by Gasteiger charge is -2.18. The molecule has 2 aromatic heterocycles. The molecule has 1 N–H and O–H groups in total. The molecule has 0 aliphatic rings. The molecule has 0 aliphatic carbocycles. The Balaban J connectivity index is 1.71. The zero-order valence-corrected chi connectivity index (χ0v) is 14.3. The van der Waals surface area contributed by atoms with Gasteiger partial charge in [-0.15, -0.1) is 0 Å². The summed E-state index contributed by atoms with van der Waals surface area (Å²) in [5.41, 5.74) is 2.13. The van der Waals surface area contributed by atoms with E-state index >= 15 is 0 Å². The highest BCUT2D eigenvalue weighted by Gasteiger charge is 2.18. The lowest BCUT2D eigenvalue weighted by atomic mass is 10.1. The van der Waals surface area contributed by atoms with Crippen molar-refractivity contribution in [3.8, 4) is 11.1 Å². The first kappa shape index (κ1) is 16.6. The highest BCUT2D eigenvalue weighted by molar-refractivity contribution is 5.73. The van der Waals surface area contributed by atoms with E-state index in [4.69, 9.17) is 4.74 Å². The van der Waals surface area contributed by atoms with E-state index in [-0.39, 0.29) is 0 Å². The molecule has 7 nitrogen and oxygen atoms in total. The molecule has 0 amide bonds. The first-order valence-corrected chi connectivity index (χ1v) is 7.82. The molecule has 3 aromatic rings. The van der Waals surface area contributed by atoms with E-state index in [0.717, 1.165) is 22.6 Å². The fourth-order valence-electron chi connectivity index (χ4n) is 2.14. The summed E-state index contributed by atoms with van der Waals surface area (Å²) in [5, 5.41) is 7.26. The van der Waals surface area contributed by atoms with Gasteiger partial charge in [0.15, 0.2) is 0 Å². The number of anilines is 2. The maximum Gasteiger partial charge on any atom is 0.435 e. The van der Waals surface area contributed by atoms with Crippen molar-refractivity contribution in [1.29, 1.82) is 0 Å². The second-order valence-corrected chi connectivity index (χ2v) is 6.45. The number of carbonyl (C=O) groups excluding carboxylic acids is 1. The topological polar surface area (TPSA) is 81.9 Å². The van der Waals surface area contributed by atoms with E-state index in [1.165, 1.54) is 11.0 Å². The number of hydrogen-bond donors (Lipinski definition) is 1. The molecule has 7 heteroatoms. The third kappa shape index (κ3) is 4.41. The van der Waals surface area contributed by atoms with Crippen LogP contribution in [0.5, 0.6) is 0 Å². The van der Waals surface area contributed by atoms with Crippen molar-refractivity contribution >= 4 is 17.6 Å². The van der Waals surface area contributed by atoms with Crippen LogP contribution < -0.4 is 5.32 Å². The van der Waals surface area contributed by atoms with Crippen molar-refractivity contribution in [2.45, 2.75) is 26.4 Å². The van der Waals surface area contributed by atoms with Gasteiger partial charge in [0, 0.05) is 23.6 Å². The molecule has 0 saturated carbocycles. The van der Waals surface area contributed by atoms with Crippen LogP contribution in [0.15, 0.2) is 55.2 Å². The summed E-state index contributed by atoms with van der Waals surface area (Å²) >= 11 is 0. The third-order valence-electron chi connectivity index (χ3n) is 3.24. The molecule has 0 spiro atoms. The van der Waals surface area contributed by atoms with Crippen LogP contribution in [0.4, 0.5) is 16.3 Å². The Kier molecular flexibility index (Phi) is 4.47. The van der Waals surface area contributed by atoms with Gasteiger partial charge in [0.05, 0.1) is 6.20 Å². The molecule has 0 saturated heterocycles. The van der Waals surface area contributed by atoms with E-state index < -0.39 is 11.7 Å². The normalized spacial score (nSPS) is 11.2. The number of aromatic nitrogens is 4. The van der Waals surface area contributed by atoms with Gasteiger partial charge in [0.1, 0.15) is 17.7 Å². The Morgan fingerprint density at radius 3 is 2.52 bits per heavy atom. The van der Waals surface area contributed by atoms with Gasteiger partial charge in [-0.25, -0.2) is 14.8 Å². The predicted octanol–water partition coefficient (Wildman–Crippen LogP) is 3.87. The number of benzene rings is 1. The van der Waals surface area contributed by atoms with E-state index in [0.29, 0.717) is 0 Å². The van der Waals surface area contributed by atoms with Crippen molar-refractivity contribution < 1.29 is 9.53 Å². The fourth-order valence-corrected chi connectivity index (χ4v) is 2.14. The second-order valence-electron chi connectivity index (χ2n) is 6.45. The van der Waals surface area contributed by atoms with Gasteiger partial charge < -0.3 is 10.1 Å². The third-order valence-corrected chi connectivity index (χ3v) is 3.24. The Bertz CT molecular complexity index is 851. The molecule has 0 bridgehead atoms. The molecule has 0 unspecified atom stereocenters. The van der Waals surface area contributed by atoms with Crippen LogP contribution in [0.25, 0.3) is 11.1 Å². The SMILES string of the molecule is CC(C)(C)OC(=O)n1cc(-c2ccc(Nc3ccncn3)cc2)cn1. The van der Waals surface area contributed by atoms with Crippen molar-refractivity contribution in [2.75, 3.05) is 5.32 Å². The number of carbonyl (C=O) groups is 1. The molecule has 0 radical (unpaired) electrons. The van der Waals surface area contributed by atoms with E-state index in [1.807, 2.05) is 45.0 Å². The minimum Gasteiger partial charge on any atom is -0.442 e. The Morgan fingerprint density at radius 1 is 1.12 bits per heavy atom. The molecule has 0 fully saturated rings. The maximum absolute atomic E-state index is 12.0. The average Bonchev–Trinajstić information content (AvgIpc) is 3.05. The van der Waals surface area contributed by atoms with Gasteiger partial charge >= 0.3 is 6.09 Å². The summed E-state index contributed by atoms with van der Waals surface area (Å²) in [6.07, 6.45) is 5.95. The molecule has 0 aliphatic heterocycles. The van der Waals surface area contributed by atoms with Gasteiger partial charge in [-0.05, 0) is 44.5 Å². The highest BCUT2D eigenvalue weighted by Crippen LogP contribution is 2.22. The second kappa shape index (κ2) is 6.72. The minimum atomic E-state index is -0.558. The van der Waals surface area contributed by atoms with E-state index in [9.17, 15) is 4.79 Å². The fraction of sp³-hybridized carbons (Fsp3) is 0.222. The molecular formula is C18H19N5O2. The van der Waals surface area contributed by atoms with Crippen LogP contribution in [-0.2, 0) is 4.74 Å². The zero-order chi connectivity index (χ0) is 17.9. The average molecular weight is 337 g/mol. The zero-order valence-electron chi connectivity index (χ0n) is 14.3. The number of nitrogens with one attached hydrogen (secondary N) is 1. The quantitative estimate of drug-likeness (QED) is 0.781. The van der Waals surface area contributed by atoms with Gasteiger partial charge in [0.25, 0.3) is 0 Å². The summed E-state index contributed by atoms with van der Waals surface area (Å²) < 4.78 is 6.50. The lowest BCUT2D eigenvalue weighted by molar-refractivity contribution is 0.0514. The molecule has 0 atom stereocenters. The smallest absolute Gasteiger partial charge is 0.435 e. The first-order chi connectivity index (χ1) is 11.9. The number of rotatable bonds is 3. The van der Waals surface area contributed by atoms with Gasteiger partial charge in [0.2, 0.25) is 0 Å². The van der Waals surface area contributed by atoms with E-state index in [1.54, 1.807) is 24.7 Å². The predicted molar refractivity (Wildman–Crippen MR) is 94.6 cm³/mol. The first-order valence-electron chi connectivity index (χ1n) is 7.82. The maximum atomic E-state index is 12.0. The lowest BCUT2D eigenvalue weighted by Crippen LogP contribution is -2.27. The van der Waals surface area contributed by atoms with Crippen molar-refractivity contribution in [3.05, 3.63) is 55.2 Å². The van der Waals surface area contributed by atoms with Crippen LogP contribution in [0.1, 0.15) is 20.8 Å². The highest BCUT2D eigenvalue weighted by atomic mass is 16.6. The van der Waals surface area contributed by atoms with Gasteiger partial charge in [-0.3, -0.25) is 0 Å². The number of ether oxygens (including phenoxy) is 1. The molecule has 3 rings (SSSR count). The summed E-state index contributed by atoms with van der Waals surface area (Å²) in [7, 11) is 0. The molecule has 2 heterocycles. The molecule has 25 heavy (non-hydrogen) atoms. The Morgan fingerprint density at radius 2 is 1.88 bits per heavy atom. The molecular weight excluding hydrogens is 318 g/mol. The van der Waals surface area contributed by atoms with Crippen molar-refractivity contribution in [3.63, 3.8) is 0 Å². The van der Waals surface area contributed by atoms with Crippen LogP contribution in [0.3, 0.4) is 0 Å². The van der Waals surface area contributed by atoms with Crippen LogP contribution in [0.2, 0.25) is 0 Å². The molecule has 1 aromatic carbocycles. The summed E-state index contributed by atoms with van der Waals surface area (Å²) in [6, 6.07) is 9.54. The standard InChI is InChI=1S/C18H19N5O2/c1-18(2,3)25-17(24)23-11-14(10-21-23)13-4-6-15(7-5-13)22-16-8-9-19-12-20-16/h4-12H,1-3H3,(H,19,20,22). The van der Waals surface area contributed by atoms with Crippen LogP contribution in [0, 0.1) is 0 Å². The summed E-state index contributed by atoms with van der Waals surface area (Å²) in [6.45, 7) is 5.45. The summed E-state index contributed by atoms with van der Waals surface area (Å²) in [5.74, 6) is 0.723. The Labute approximate surface area is 145 Å². The minimum absolute atomic E-state index is 0.499. The monoisotopic (exact) mass is 337 g/mol. The molecule has 128 valence electrons. The summed E-state index contributed by atoms with van der Waals surface area (Å²) in [4.78, 5) is 20.0. The largest absolute Gasteiger partial charge is 0.442 e. The van der Waals surface area contributed by atoms with Crippen molar-refractivity contribution in [2.24, 2.45) is 0 Å². The van der Waals surface area contributed by atoms with E-state index in [2.05, 4.69) is 20.4 Å². The van der Waals surface area contributed by atoms with Crippen molar-refractivity contribution in [1.82, 2.24) is 19.7 Å². The van der Waals surface area contributed by atoms with Gasteiger partial charge in [-0.2, -0.15) is 9.78 Å². The van der Waals surface area contributed by atoms with Gasteiger partial charge in [-0.1, -0.05) is 12.1 Å². The number of hydrogen-bond acceptors (Lipinski definition) is 6.